The van der Waals surface area contributed by atoms with Crippen molar-refractivity contribution in [2.45, 2.75) is 62.8 Å². The SMILES string of the molecule is CCCCCCCC[C@H](CNc1ccccc1)NS(=O)(=O)c1cc(Br)c(Cl)cc1F. The first-order chi connectivity index (χ1) is 14.3. The number of halogens is 3. The average Bonchev–Trinajstić information content (AvgIpc) is 2.71. The molecule has 4 nitrogen and oxygen atoms in total. The summed E-state index contributed by atoms with van der Waals surface area (Å²) in [6.45, 7) is 2.59. The van der Waals surface area contributed by atoms with Gasteiger partial charge in [-0.05, 0) is 46.6 Å². The maximum atomic E-state index is 14.3. The second kappa shape index (κ2) is 12.6. The van der Waals surface area contributed by atoms with Gasteiger partial charge in [0.05, 0.1) is 5.02 Å². The number of para-hydroxylation sites is 1. The van der Waals surface area contributed by atoms with Crippen LogP contribution in [-0.4, -0.2) is 21.0 Å². The van der Waals surface area contributed by atoms with E-state index >= 15 is 0 Å². The molecule has 0 radical (unpaired) electrons. The number of nitrogens with one attached hydrogen (secondary N) is 2. The Morgan fingerprint density at radius 1 is 1.07 bits per heavy atom. The minimum Gasteiger partial charge on any atom is -0.383 e. The fourth-order valence-corrected chi connectivity index (χ4v) is 5.16. The number of unbranched alkanes of at least 4 members (excludes halogenated alkanes) is 5. The number of hydrogen-bond donors (Lipinski definition) is 2. The highest BCUT2D eigenvalue weighted by molar-refractivity contribution is 9.10. The van der Waals surface area contributed by atoms with Crippen molar-refractivity contribution in [2.75, 3.05) is 11.9 Å². The zero-order valence-corrected chi connectivity index (χ0v) is 20.3. The van der Waals surface area contributed by atoms with Crippen LogP contribution < -0.4 is 10.0 Å². The van der Waals surface area contributed by atoms with Gasteiger partial charge in [-0.3, -0.25) is 0 Å². The normalized spacial score (nSPS) is 12.7. The van der Waals surface area contributed by atoms with E-state index in [9.17, 15) is 12.8 Å². The molecule has 8 heteroatoms. The van der Waals surface area contributed by atoms with Gasteiger partial charge in [0.25, 0.3) is 0 Å². The molecule has 0 heterocycles. The number of anilines is 1. The van der Waals surface area contributed by atoms with E-state index in [1.54, 1.807) is 0 Å². The molecule has 0 bridgehead atoms. The van der Waals surface area contributed by atoms with E-state index < -0.39 is 20.7 Å². The molecule has 0 saturated heterocycles. The minimum absolute atomic E-state index is 0.126. The third-order valence-electron chi connectivity index (χ3n) is 4.82. The summed E-state index contributed by atoms with van der Waals surface area (Å²) in [6, 6.07) is 11.4. The van der Waals surface area contributed by atoms with Gasteiger partial charge in [-0.25, -0.2) is 17.5 Å². The first-order valence-corrected chi connectivity index (χ1v) is 12.9. The molecule has 2 N–H and O–H groups in total. The summed E-state index contributed by atoms with van der Waals surface area (Å²) < 4.78 is 43.1. The number of hydrogen-bond acceptors (Lipinski definition) is 3. The van der Waals surface area contributed by atoms with E-state index in [0.717, 1.165) is 31.0 Å². The van der Waals surface area contributed by atoms with Crippen molar-refractivity contribution in [1.29, 1.82) is 0 Å². The molecule has 1 atom stereocenters. The Labute approximate surface area is 192 Å². The summed E-state index contributed by atoms with van der Waals surface area (Å²) in [7, 11) is -4.04. The molecule has 0 spiro atoms. The Morgan fingerprint density at radius 3 is 2.43 bits per heavy atom. The van der Waals surface area contributed by atoms with Crippen LogP contribution in [0.1, 0.15) is 51.9 Å². The quantitative estimate of drug-likeness (QED) is 0.227. The van der Waals surface area contributed by atoms with Gasteiger partial charge in [-0.2, -0.15) is 0 Å². The van der Waals surface area contributed by atoms with Crippen LogP contribution in [-0.2, 0) is 10.0 Å². The van der Waals surface area contributed by atoms with Gasteiger partial charge >= 0.3 is 0 Å². The Bertz CT molecular complexity index is 898. The molecule has 0 unspecified atom stereocenters. The summed E-state index contributed by atoms with van der Waals surface area (Å²) in [5, 5.41) is 3.39. The molecule has 0 aromatic heterocycles. The predicted molar refractivity (Wildman–Crippen MR) is 126 cm³/mol. The molecule has 0 aliphatic carbocycles. The summed E-state index contributed by atoms with van der Waals surface area (Å²) in [5.74, 6) is -0.870. The lowest BCUT2D eigenvalue weighted by atomic mass is 10.1. The number of sulfonamides is 1. The Morgan fingerprint density at radius 2 is 1.73 bits per heavy atom. The first kappa shape index (κ1) is 25.1. The van der Waals surface area contributed by atoms with Crippen molar-refractivity contribution in [2.24, 2.45) is 0 Å². The standard InChI is InChI=1S/C22H29BrClFN2O2S/c1-2-3-4-5-6-8-13-18(16-26-17-11-9-7-10-12-17)27-30(28,29)22-14-19(23)20(24)15-21(22)25/h7,9-12,14-15,18,26-27H,2-6,8,13,16H2,1H3/t18-/m1/s1. The lowest BCUT2D eigenvalue weighted by Crippen LogP contribution is -2.40. The van der Waals surface area contributed by atoms with Crippen molar-refractivity contribution in [3.05, 3.63) is 57.8 Å². The van der Waals surface area contributed by atoms with Crippen LogP contribution in [0.4, 0.5) is 10.1 Å². The highest BCUT2D eigenvalue weighted by atomic mass is 79.9. The summed E-state index contributed by atoms with van der Waals surface area (Å²) in [4.78, 5) is -0.411. The van der Waals surface area contributed by atoms with E-state index in [1.165, 1.54) is 25.3 Å². The zero-order valence-electron chi connectivity index (χ0n) is 17.1. The summed E-state index contributed by atoms with van der Waals surface area (Å²) in [5.41, 5.74) is 0.907. The zero-order chi connectivity index (χ0) is 22.0. The van der Waals surface area contributed by atoms with Crippen LogP contribution in [0.3, 0.4) is 0 Å². The van der Waals surface area contributed by atoms with Crippen LogP contribution in [0, 0.1) is 5.82 Å². The molecule has 0 saturated carbocycles. The van der Waals surface area contributed by atoms with Crippen LogP contribution in [0.15, 0.2) is 51.8 Å². The monoisotopic (exact) mass is 518 g/mol. The van der Waals surface area contributed by atoms with E-state index in [2.05, 4.69) is 32.9 Å². The van der Waals surface area contributed by atoms with Gasteiger partial charge in [0.1, 0.15) is 10.7 Å². The van der Waals surface area contributed by atoms with Crippen molar-refractivity contribution >= 4 is 43.2 Å². The molecular weight excluding hydrogens is 491 g/mol. The molecule has 0 amide bonds. The molecule has 0 fully saturated rings. The average molecular weight is 520 g/mol. The molecule has 30 heavy (non-hydrogen) atoms. The van der Waals surface area contributed by atoms with Gasteiger partial charge < -0.3 is 5.32 Å². The van der Waals surface area contributed by atoms with Gasteiger partial charge in [0.2, 0.25) is 10.0 Å². The van der Waals surface area contributed by atoms with Gasteiger partial charge in [-0.1, -0.05) is 75.2 Å². The van der Waals surface area contributed by atoms with Gasteiger partial charge in [0, 0.05) is 22.7 Å². The fraction of sp³-hybridized carbons (Fsp3) is 0.455. The van der Waals surface area contributed by atoms with E-state index in [1.807, 2.05) is 30.3 Å². The lowest BCUT2D eigenvalue weighted by Gasteiger charge is -2.20. The number of rotatable bonds is 13. The summed E-state index contributed by atoms with van der Waals surface area (Å²) in [6.07, 6.45) is 7.35. The second-order valence-electron chi connectivity index (χ2n) is 7.32. The molecule has 166 valence electrons. The minimum atomic E-state index is -4.04. The van der Waals surface area contributed by atoms with Crippen molar-refractivity contribution in [1.82, 2.24) is 4.72 Å². The highest BCUT2D eigenvalue weighted by Crippen LogP contribution is 2.28. The Hall–Kier alpha value is -1.15. The predicted octanol–water partition coefficient (Wildman–Crippen LogP) is 6.75. The van der Waals surface area contributed by atoms with E-state index in [0.29, 0.717) is 17.4 Å². The lowest BCUT2D eigenvalue weighted by molar-refractivity contribution is 0.500. The van der Waals surface area contributed by atoms with Crippen molar-refractivity contribution < 1.29 is 12.8 Å². The topological polar surface area (TPSA) is 58.2 Å². The van der Waals surface area contributed by atoms with Crippen molar-refractivity contribution in [3.63, 3.8) is 0 Å². The Kier molecular flexibility index (Phi) is 10.6. The van der Waals surface area contributed by atoms with Gasteiger partial charge in [-0.15, -0.1) is 0 Å². The fourth-order valence-electron chi connectivity index (χ4n) is 3.16. The van der Waals surface area contributed by atoms with Crippen LogP contribution >= 0.6 is 27.5 Å². The third kappa shape index (κ3) is 8.17. The van der Waals surface area contributed by atoms with Gasteiger partial charge in [0.15, 0.2) is 0 Å². The van der Waals surface area contributed by atoms with E-state index in [4.69, 9.17) is 11.6 Å². The molecule has 2 rings (SSSR count). The molecule has 0 aliphatic rings. The first-order valence-electron chi connectivity index (χ1n) is 10.3. The Balaban J connectivity index is 2.07. The largest absolute Gasteiger partial charge is 0.383 e. The van der Waals surface area contributed by atoms with E-state index in [-0.39, 0.29) is 11.1 Å². The number of benzene rings is 2. The maximum absolute atomic E-state index is 14.3. The molecular formula is C22H29BrClFN2O2S. The maximum Gasteiger partial charge on any atom is 0.243 e. The molecule has 0 aliphatic heterocycles. The molecule has 2 aromatic rings. The summed E-state index contributed by atoms with van der Waals surface area (Å²) >= 11 is 9.04. The third-order valence-corrected chi connectivity index (χ3v) is 7.55. The highest BCUT2D eigenvalue weighted by Gasteiger charge is 2.24. The second-order valence-corrected chi connectivity index (χ2v) is 10.3. The smallest absolute Gasteiger partial charge is 0.243 e. The van der Waals surface area contributed by atoms with Crippen LogP contribution in [0.5, 0.6) is 0 Å². The molecule has 2 aromatic carbocycles. The van der Waals surface area contributed by atoms with Crippen LogP contribution in [0.2, 0.25) is 5.02 Å². The van der Waals surface area contributed by atoms with Crippen LogP contribution in [0.25, 0.3) is 0 Å². The van der Waals surface area contributed by atoms with Crippen molar-refractivity contribution in [3.8, 4) is 0 Å².